The molecule has 1 atom stereocenters. The summed E-state index contributed by atoms with van der Waals surface area (Å²) >= 11 is 0. The van der Waals surface area contributed by atoms with E-state index >= 15 is 0 Å². The van der Waals surface area contributed by atoms with E-state index in [9.17, 15) is 4.79 Å². The van der Waals surface area contributed by atoms with Crippen LogP contribution >= 0.6 is 0 Å². The van der Waals surface area contributed by atoms with Gasteiger partial charge in [0.1, 0.15) is 0 Å². The Kier molecular flexibility index (Phi) is 4.85. The molecule has 0 unspecified atom stereocenters. The van der Waals surface area contributed by atoms with Crippen molar-refractivity contribution < 1.29 is 4.79 Å². The third kappa shape index (κ3) is 3.42. The van der Waals surface area contributed by atoms with Crippen molar-refractivity contribution in [3.63, 3.8) is 0 Å². The molecule has 0 saturated carbocycles. The zero-order chi connectivity index (χ0) is 17.9. The molecule has 0 radical (unpaired) electrons. The van der Waals surface area contributed by atoms with Gasteiger partial charge in [0.15, 0.2) is 0 Å². The Labute approximate surface area is 155 Å². The van der Waals surface area contributed by atoms with Crippen LogP contribution in [0.2, 0.25) is 0 Å². The molecule has 4 nitrogen and oxygen atoms in total. The lowest BCUT2D eigenvalue weighted by atomic mass is 9.87. The van der Waals surface area contributed by atoms with E-state index in [1.54, 1.807) is 5.01 Å². The predicted octanol–water partition coefficient (Wildman–Crippen LogP) is 3.63. The fraction of sp³-hybridized carbons (Fsp3) is 0.364. The van der Waals surface area contributed by atoms with Crippen LogP contribution in [0.1, 0.15) is 42.0 Å². The van der Waals surface area contributed by atoms with Crippen LogP contribution in [0.25, 0.3) is 0 Å². The van der Waals surface area contributed by atoms with Crippen LogP contribution in [0.15, 0.2) is 59.7 Å². The van der Waals surface area contributed by atoms with E-state index in [2.05, 4.69) is 53.4 Å². The molecular weight excluding hydrogens is 322 g/mol. The molecular formula is C22H25N3O. The number of rotatable bonds is 4. The van der Waals surface area contributed by atoms with E-state index in [0.29, 0.717) is 19.1 Å². The molecule has 1 aliphatic heterocycles. The minimum Gasteiger partial charge on any atom is -0.290 e. The summed E-state index contributed by atoms with van der Waals surface area (Å²) in [5.74, 6) is 0.0847. The number of likely N-dealkylation sites (N-methyl/N-ethyl adjacent to an activating group) is 1. The van der Waals surface area contributed by atoms with Crippen LogP contribution < -0.4 is 0 Å². The fourth-order valence-electron chi connectivity index (χ4n) is 4.06. The maximum atomic E-state index is 12.8. The second-order valence-corrected chi connectivity index (χ2v) is 7.20. The fourth-order valence-corrected chi connectivity index (χ4v) is 4.06. The van der Waals surface area contributed by atoms with Crippen molar-refractivity contribution in [1.29, 1.82) is 0 Å². The topological polar surface area (TPSA) is 35.9 Å². The number of nitrogens with zero attached hydrogens (tertiary/aromatic N) is 3. The third-order valence-corrected chi connectivity index (χ3v) is 5.45. The maximum Gasteiger partial charge on any atom is 0.256 e. The van der Waals surface area contributed by atoms with Gasteiger partial charge in [0.05, 0.1) is 18.8 Å². The molecule has 1 heterocycles. The molecule has 2 aromatic rings. The molecule has 2 aromatic carbocycles. The number of carbonyl (C=O) groups is 1. The second kappa shape index (κ2) is 7.42. The Bertz CT molecular complexity index is 815. The molecule has 134 valence electrons. The van der Waals surface area contributed by atoms with Gasteiger partial charge in [-0.15, -0.1) is 0 Å². The molecule has 26 heavy (non-hydrogen) atoms. The zero-order valence-electron chi connectivity index (χ0n) is 15.3. The van der Waals surface area contributed by atoms with Crippen LogP contribution in [0.3, 0.4) is 0 Å². The first-order valence-electron chi connectivity index (χ1n) is 9.43. The van der Waals surface area contributed by atoms with Crippen molar-refractivity contribution in [2.45, 2.75) is 31.7 Å². The molecule has 0 aromatic heterocycles. The Morgan fingerprint density at radius 1 is 1.12 bits per heavy atom. The Morgan fingerprint density at radius 2 is 1.88 bits per heavy atom. The third-order valence-electron chi connectivity index (χ3n) is 5.45. The van der Waals surface area contributed by atoms with Crippen LogP contribution in [-0.4, -0.2) is 41.7 Å². The second-order valence-electron chi connectivity index (χ2n) is 7.20. The number of carbonyl (C=O) groups excluding carboxylic acids is 1. The van der Waals surface area contributed by atoms with Gasteiger partial charge in [-0.2, -0.15) is 5.10 Å². The van der Waals surface area contributed by atoms with Crippen LogP contribution in [0.5, 0.6) is 0 Å². The smallest absolute Gasteiger partial charge is 0.256 e. The minimum absolute atomic E-state index is 0.0847. The van der Waals surface area contributed by atoms with Gasteiger partial charge >= 0.3 is 0 Å². The highest BCUT2D eigenvalue weighted by Gasteiger charge is 2.27. The van der Waals surface area contributed by atoms with Gasteiger partial charge in [-0.1, -0.05) is 54.6 Å². The van der Waals surface area contributed by atoms with Gasteiger partial charge in [-0.05, 0) is 43.0 Å². The molecule has 0 N–H and O–H groups in total. The number of hydrazone groups is 1. The average molecular weight is 347 g/mol. The number of amides is 1. The highest BCUT2D eigenvalue weighted by atomic mass is 16.2. The molecule has 4 rings (SSSR count). The molecule has 2 aliphatic rings. The van der Waals surface area contributed by atoms with Crippen molar-refractivity contribution in [1.82, 2.24) is 9.91 Å². The Morgan fingerprint density at radius 3 is 2.73 bits per heavy atom. The summed E-state index contributed by atoms with van der Waals surface area (Å²) in [6.45, 7) is 1.09. The monoisotopic (exact) mass is 347 g/mol. The highest BCUT2D eigenvalue weighted by molar-refractivity contribution is 6.02. The lowest BCUT2D eigenvalue weighted by Gasteiger charge is -2.33. The summed E-state index contributed by atoms with van der Waals surface area (Å²) in [6, 6.07) is 19.1. The van der Waals surface area contributed by atoms with E-state index in [4.69, 9.17) is 0 Å². The van der Waals surface area contributed by atoms with Crippen molar-refractivity contribution in [2.24, 2.45) is 5.10 Å². The van der Waals surface area contributed by atoms with Crippen LogP contribution in [0, 0.1) is 0 Å². The molecule has 0 bridgehead atoms. The number of hydrogen-bond donors (Lipinski definition) is 0. The first-order valence-corrected chi connectivity index (χ1v) is 9.43. The summed E-state index contributed by atoms with van der Waals surface area (Å²) < 4.78 is 0. The summed E-state index contributed by atoms with van der Waals surface area (Å²) in [6.07, 6.45) is 4.26. The molecule has 1 amide bonds. The first kappa shape index (κ1) is 17.0. The average Bonchev–Trinajstić information content (AvgIpc) is 3.18. The Hall–Kier alpha value is -2.46. The van der Waals surface area contributed by atoms with E-state index < -0.39 is 0 Å². The number of aryl methyl sites for hydroxylation is 1. The summed E-state index contributed by atoms with van der Waals surface area (Å²) in [7, 11) is 2.06. The van der Waals surface area contributed by atoms with Gasteiger partial charge in [-0.25, -0.2) is 5.01 Å². The summed E-state index contributed by atoms with van der Waals surface area (Å²) in [4.78, 5) is 15.0. The van der Waals surface area contributed by atoms with Gasteiger partial charge in [0.25, 0.3) is 5.91 Å². The lowest BCUT2D eigenvalue weighted by molar-refractivity contribution is -0.132. The standard InChI is InChI=1S/C22H25N3O/c1-24(21-13-7-11-17-8-5-6-12-19(17)21)16-22(26)25-15-14-20(23-25)18-9-3-2-4-10-18/h2-6,8-10,12,21H,7,11,13-16H2,1H3/t21-/m0/s1. The van der Waals surface area contributed by atoms with E-state index in [-0.39, 0.29) is 5.91 Å². The Balaban J connectivity index is 1.43. The van der Waals surface area contributed by atoms with Crippen LogP contribution in [0.4, 0.5) is 0 Å². The quantitative estimate of drug-likeness (QED) is 0.847. The normalized spacial score (nSPS) is 19.4. The molecule has 1 aliphatic carbocycles. The van der Waals surface area contributed by atoms with Crippen molar-refractivity contribution in [2.75, 3.05) is 20.1 Å². The first-order chi connectivity index (χ1) is 12.7. The number of fused-ring (bicyclic) bond motifs is 1. The molecule has 0 fully saturated rings. The SMILES string of the molecule is CN(CC(=O)N1CCC(c2ccccc2)=N1)[C@H]1CCCc2ccccc21. The summed E-state index contributed by atoms with van der Waals surface area (Å²) in [5.41, 5.74) is 4.92. The highest BCUT2D eigenvalue weighted by Crippen LogP contribution is 2.33. The minimum atomic E-state index is 0.0847. The molecule has 4 heteroatoms. The molecule has 0 spiro atoms. The lowest BCUT2D eigenvalue weighted by Crippen LogP contribution is -2.38. The van der Waals surface area contributed by atoms with E-state index in [1.807, 2.05) is 18.2 Å². The van der Waals surface area contributed by atoms with Gasteiger partial charge < -0.3 is 0 Å². The van der Waals surface area contributed by atoms with Gasteiger partial charge in [0, 0.05) is 12.5 Å². The summed E-state index contributed by atoms with van der Waals surface area (Å²) in [5, 5.41) is 6.22. The van der Waals surface area contributed by atoms with Crippen LogP contribution in [-0.2, 0) is 11.2 Å². The van der Waals surface area contributed by atoms with Crippen molar-refractivity contribution >= 4 is 11.6 Å². The maximum absolute atomic E-state index is 12.8. The van der Waals surface area contributed by atoms with E-state index in [0.717, 1.165) is 30.5 Å². The predicted molar refractivity (Wildman–Crippen MR) is 104 cm³/mol. The number of hydrogen-bond acceptors (Lipinski definition) is 3. The van der Waals surface area contributed by atoms with E-state index in [1.165, 1.54) is 17.5 Å². The van der Waals surface area contributed by atoms with Crippen molar-refractivity contribution in [3.05, 3.63) is 71.3 Å². The van der Waals surface area contributed by atoms with Gasteiger partial charge in [0.2, 0.25) is 0 Å². The molecule has 0 saturated heterocycles. The van der Waals surface area contributed by atoms with Gasteiger partial charge in [-0.3, -0.25) is 9.69 Å². The number of benzene rings is 2. The largest absolute Gasteiger partial charge is 0.290 e. The zero-order valence-corrected chi connectivity index (χ0v) is 15.3. The van der Waals surface area contributed by atoms with Crippen molar-refractivity contribution in [3.8, 4) is 0 Å².